The first-order chi connectivity index (χ1) is 44.0. The Kier molecular flexibility index (Phi) is 30.2. The minimum atomic E-state index is -3.18. The summed E-state index contributed by atoms with van der Waals surface area (Å²) in [4.78, 5) is 128. The maximum atomic E-state index is 13.9. The Balaban J connectivity index is 0.923. The lowest BCUT2D eigenvalue weighted by molar-refractivity contribution is -0.140. The number of carbonyl (C=O) groups excluding carboxylic acids is 6. The van der Waals surface area contributed by atoms with Gasteiger partial charge in [0.05, 0.1) is 63.0 Å². The quantitative estimate of drug-likeness (QED) is 0.0404. The van der Waals surface area contributed by atoms with Crippen LogP contribution in [0.2, 0.25) is 0 Å². The van der Waals surface area contributed by atoms with Crippen molar-refractivity contribution in [1.29, 1.82) is 5.26 Å². The molecule has 3 atom stereocenters. The number of fused-ring (bicyclic) bond motifs is 1. The normalized spacial score (nSPS) is 17.9. The van der Waals surface area contributed by atoms with Crippen LogP contribution in [0.3, 0.4) is 0 Å². The number of unbranched alkanes of at least 4 members (excludes halogenated alkanes) is 1. The SMILES string of the molecule is Cc1ccc(CCCC(=O)NCCC[C@H](NC(=O)CN2CCN(CC(=O)O)CCN(CC(=O)O)CCN(CC(=O)O)CC2)C(=O)NCCSC[C@@H](O)C(=O)N2CCC(CCCCOc3ccc4nccc(C(=O)NCC(=O)N5CC(F)(F)C[C@@H]5C#N)c4c3)CC2)cc1. The topological polar surface area (TPSA) is 348 Å². The molecule has 1 aromatic heterocycles. The Bertz CT molecular complexity index is 2980. The molecule has 0 spiro atoms. The lowest BCUT2D eigenvalue weighted by atomic mass is 9.91. The van der Waals surface area contributed by atoms with Crippen LogP contribution in [-0.2, 0) is 44.8 Å². The molecule has 0 aliphatic carbocycles. The van der Waals surface area contributed by atoms with Crippen LogP contribution >= 0.6 is 11.8 Å². The van der Waals surface area contributed by atoms with Crippen molar-refractivity contribution in [2.75, 3.05) is 136 Å². The van der Waals surface area contributed by atoms with Gasteiger partial charge < -0.3 is 56.2 Å². The van der Waals surface area contributed by atoms with E-state index < -0.39 is 85.2 Å². The maximum Gasteiger partial charge on any atom is 0.317 e. The van der Waals surface area contributed by atoms with Gasteiger partial charge in [0, 0.05) is 114 Å². The molecule has 4 heterocycles. The Morgan fingerprint density at radius 3 is 1.98 bits per heavy atom. The molecule has 0 saturated carbocycles. The Morgan fingerprint density at radius 2 is 1.37 bits per heavy atom. The van der Waals surface area contributed by atoms with E-state index in [0.717, 1.165) is 54.6 Å². The van der Waals surface area contributed by atoms with E-state index in [0.29, 0.717) is 67.3 Å². The number of alkyl halides is 2. The van der Waals surface area contributed by atoms with E-state index in [9.17, 15) is 77.6 Å². The highest BCUT2D eigenvalue weighted by Crippen LogP contribution is 2.32. The van der Waals surface area contributed by atoms with Crippen molar-refractivity contribution in [3.63, 3.8) is 0 Å². The summed E-state index contributed by atoms with van der Waals surface area (Å²) in [5, 5.41) is 60.6. The minimum Gasteiger partial charge on any atom is -0.494 e. The third kappa shape index (κ3) is 25.8. The van der Waals surface area contributed by atoms with Crippen molar-refractivity contribution >= 4 is 76.0 Å². The molecule has 0 unspecified atom stereocenters. The predicted molar refractivity (Wildman–Crippen MR) is 337 cm³/mol. The fourth-order valence-electron chi connectivity index (χ4n) is 11.3. The van der Waals surface area contributed by atoms with Crippen molar-refractivity contribution in [3.8, 4) is 11.8 Å². The monoisotopic (exact) mass is 1310 g/mol. The smallest absolute Gasteiger partial charge is 0.317 e. The van der Waals surface area contributed by atoms with Crippen molar-refractivity contribution in [3.05, 3.63) is 71.4 Å². The standard InChI is InChI=1S/C63H88F2N12O14S/c1-44-10-12-45(13-11-44)7-4-9-54(79)68-19-5-8-52(71-55(80)38-72-24-26-73(39-57(82)83)28-30-75(41-59(86)87)31-29-74(27-25-72)40-58(84)85)61(89)69-21-33-92-42-53(78)62(90)76-22-17-46(18-23-76)6-2-3-32-91-48-14-15-51-50(34-48)49(16-20-67-51)60(88)70-37-56(81)77-43-63(64,65)35-47(77)36-66/h10-16,20,34,46-47,52-53,78H,2-9,17-19,21-33,35,37-43H2,1H3,(H,68,79)(H,69,89)(H,70,88)(H,71,80)(H,82,83)(H,84,85)(H,86,87)/t47-,52+,53-/m1/s1. The van der Waals surface area contributed by atoms with E-state index in [1.54, 1.807) is 48.8 Å². The summed E-state index contributed by atoms with van der Waals surface area (Å²) in [6.07, 6.45) is 5.63. The Hall–Kier alpha value is -7.62. The number of pyridine rings is 1. The number of rotatable bonds is 33. The summed E-state index contributed by atoms with van der Waals surface area (Å²) < 4.78 is 33.8. The van der Waals surface area contributed by atoms with Gasteiger partial charge in [-0.2, -0.15) is 17.0 Å². The number of aliphatic carboxylic acids is 3. The first kappa shape index (κ1) is 73.4. The molecule has 6 rings (SSSR count). The summed E-state index contributed by atoms with van der Waals surface area (Å²) in [6, 6.07) is 14.1. The van der Waals surface area contributed by atoms with Gasteiger partial charge in [0.1, 0.15) is 23.9 Å². The molecule has 29 heteroatoms. The van der Waals surface area contributed by atoms with E-state index in [1.807, 2.05) is 31.2 Å². The maximum absolute atomic E-state index is 13.9. The van der Waals surface area contributed by atoms with E-state index in [-0.39, 0.29) is 121 Å². The molecular formula is C63H88F2N12O14S. The van der Waals surface area contributed by atoms with E-state index in [1.165, 1.54) is 24.0 Å². The van der Waals surface area contributed by atoms with Crippen LogP contribution in [-0.4, -0.2) is 268 Å². The number of hydrogen-bond acceptors (Lipinski definition) is 18. The number of carboxylic acids is 3. The van der Waals surface area contributed by atoms with Crippen LogP contribution in [0.15, 0.2) is 54.7 Å². The number of ether oxygens (including phenoxy) is 1. The Labute approximate surface area is 538 Å². The van der Waals surface area contributed by atoms with E-state index in [2.05, 4.69) is 26.3 Å². The van der Waals surface area contributed by atoms with Crippen LogP contribution in [0.1, 0.15) is 85.7 Å². The van der Waals surface area contributed by atoms with Crippen molar-refractivity contribution in [2.45, 2.75) is 102 Å². The highest BCUT2D eigenvalue weighted by atomic mass is 32.2. The van der Waals surface area contributed by atoms with Gasteiger partial charge >= 0.3 is 17.9 Å². The fourth-order valence-corrected chi connectivity index (χ4v) is 12.1. The highest BCUT2D eigenvalue weighted by Gasteiger charge is 2.47. The minimum absolute atomic E-state index is 0.0854. The zero-order chi connectivity index (χ0) is 66.6. The number of piperidine rings is 1. The van der Waals surface area contributed by atoms with Crippen molar-refractivity contribution in [2.24, 2.45) is 5.92 Å². The number of nitriles is 1. The second-order valence-electron chi connectivity index (χ2n) is 23.7. The predicted octanol–water partition coefficient (Wildman–Crippen LogP) is 1.91. The molecule has 26 nitrogen and oxygen atoms in total. The number of hydrogen-bond donors (Lipinski definition) is 8. The molecule has 504 valence electrons. The fraction of sp³-hybridized carbons (Fsp3) is 0.603. The van der Waals surface area contributed by atoms with Gasteiger partial charge in [-0.25, -0.2) is 8.78 Å². The van der Waals surface area contributed by atoms with Crippen LogP contribution in [0.4, 0.5) is 8.78 Å². The molecule has 3 fully saturated rings. The molecule has 0 bridgehead atoms. The van der Waals surface area contributed by atoms with Gasteiger partial charge in [-0.05, 0) is 94.0 Å². The number of halogens is 2. The lowest BCUT2D eigenvalue weighted by Gasteiger charge is -2.33. The lowest BCUT2D eigenvalue weighted by Crippen LogP contribution is -2.52. The van der Waals surface area contributed by atoms with Crippen LogP contribution in [0, 0.1) is 24.2 Å². The molecular weight excluding hydrogens is 1220 g/mol. The van der Waals surface area contributed by atoms with Crippen LogP contribution < -0.4 is 26.0 Å². The van der Waals surface area contributed by atoms with Gasteiger partial charge in [-0.15, -0.1) is 0 Å². The molecule has 3 aliphatic heterocycles. The average molecular weight is 1310 g/mol. The summed E-state index contributed by atoms with van der Waals surface area (Å²) in [5.41, 5.74) is 2.98. The molecule has 6 amide bonds. The molecule has 8 N–H and O–H groups in total. The number of aliphatic hydroxyl groups excluding tert-OH is 1. The number of aryl methyl sites for hydroxylation is 2. The molecule has 0 radical (unpaired) electrons. The second-order valence-corrected chi connectivity index (χ2v) is 24.8. The molecule has 3 saturated heterocycles. The van der Waals surface area contributed by atoms with Crippen molar-refractivity contribution < 1.29 is 77.1 Å². The number of nitrogens with zero attached hydrogens (tertiary/aromatic N) is 8. The molecule has 3 aliphatic rings. The summed E-state index contributed by atoms with van der Waals surface area (Å²) >= 11 is 1.28. The number of nitrogens with one attached hydrogen (secondary N) is 4. The van der Waals surface area contributed by atoms with Gasteiger partial charge in [-0.1, -0.05) is 36.2 Å². The molecule has 92 heavy (non-hydrogen) atoms. The third-order valence-corrected chi connectivity index (χ3v) is 17.5. The first-order valence-corrected chi connectivity index (χ1v) is 32.6. The zero-order valence-corrected chi connectivity index (χ0v) is 53.1. The highest BCUT2D eigenvalue weighted by molar-refractivity contribution is 7.99. The zero-order valence-electron chi connectivity index (χ0n) is 52.2. The van der Waals surface area contributed by atoms with E-state index >= 15 is 0 Å². The molecule has 2 aromatic carbocycles. The third-order valence-electron chi connectivity index (χ3n) is 16.4. The largest absolute Gasteiger partial charge is 0.494 e. The molecule has 3 aromatic rings. The average Bonchev–Trinajstić information content (AvgIpc) is 1.40. The van der Waals surface area contributed by atoms with Gasteiger partial charge in [0.25, 0.3) is 17.7 Å². The van der Waals surface area contributed by atoms with Crippen molar-refractivity contribution in [1.82, 2.24) is 55.7 Å². The number of amides is 6. The van der Waals surface area contributed by atoms with Crippen LogP contribution in [0.25, 0.3) is 10.9 Å². The Morgan fingerprint density at radius 1 is 0.750 bits per heavy atom. The number of aromatic nitrogens is 1. The number of aliphatic hydroxyl groups is 1. The number of benzene rings is 2. The number of carboxylic acid groups (broad SMARTS) is 3. The summed E-state index contributed by atoms with van der Waals surface area (Å²) in [7, 11) is 0. The number of carbonyl (C=O) groups is 9. The summed E-state index contributed by atoms with van der Waals surface area (Å²) in [6.45, 7) is 2.70. The second kappa shape index (κ2) is 37.8. The number of thioether (sulfide) groups is 1. The van der Waals surface area contributed by atoms with Crippen LogP contribution in [0.5, 0.6) is 5.75 Å². The summed E-state index contributed by atoms with van der Waals surface area (Å²) in [5.74, 6) is -8.07. The first-order valence-electron chi connectivity index (χ1n) is 31.4. The van der Waals surface area contributed by atoms with Gasteiger partial charge in [0.2, 0.25) is 23.6 Å². The van der Waals surface area contributed by atoms with Gasteiger partial charge in [0.15, 0.2) is 0 Å². The van der Waals surface area contributed by atoms with Gasteiger partial charge in [-0.3, -0.25) is 67.7 Å². The van der Waals surface area contributed by atoms with E-state index in [4.69, 9.17) is 4.74 Å². The number of likely N-dealkylation sites (tertiary alicyclic amines) is 2.